The molecule has 1 aromatic rings. The van der Waals surface area contributed by atoms with E-state index in [9.17, 15) is 5.11 Å². The van der Waals surface area contributed by atoms with Crippen molar-refractivity contribution in [2.24, 2.45) is 11.3 Å². The molecule has 1 saturated carbocycles. The monoisotopic (exact) mass is 274 g/mol. The maximum Gasteiger partial charge on any atom is 0.122 e. The Labute approximate surface area is 124 Å². The molecule has 1 heteroatoms. The maximum absolute atomic E-state index is 10.7. The molecule has 0 amide bonds. The Morgan fingerprint density at radius 2 is 1.80 bits per heavy atom. The number of para-hydroxylation sites is 1. The van der Waals surface area contributed by atoms with Gasteiger partial charge >= 0.3 is 0 Å². The summed E-state index contributed by atoms with van der Waals surface area (Å²) in [7, 11) is 0. The van der Waals surface area contributed by atoms with Crippen molar-refractivity contribution in [3.63, 3.8) is 0 Å². The molecule has 0 bridgehead atoms. The lowest BCUT2D eigenvalue weighted by molar-refractivity contribution is 0.167. The summed E-state index contributed by atoms with van der Waals surface area (Å²) in [4.78, 5) is 0. The Morgan fingerprint density at radius 3 is 2.35 bits per heavy atom. The normalized spacial score (nSPS) is 26.5. The molecule has 1 fully saturated rings. The van der Waals surface area contributed by atoms with Gasteiger partial charge in [-0.15, -0.1) is 0 Å². The van der Waals surface area contributed by atoms with Gasteiger partial charge in [0.2, 0.25) is 0 Å². The average molecular weight is 274 g/mol. The summed E-state index contributed by atoms with van der Waals surface area (Å²) in [6, 6.07) is 6.31. The van der Waals surface area contributed by atoms with E-state index in [1.54, 1.807) is 0 Å². The molecule has 0 aliphatic heterocycles. The molecule has 112 valence electrons. The Balaban J connectivity index is 2.38. The second-order valence-electron chi connectivity index (χ2n) is 8.60. The third kappa shape index (κ3) is 3.19. The zero-order valence-electron chi connectivity index (χ0n) is 14.0. The number of benzene rings is 1. The molecule has 1 aromatic carbocycles. The lowest BCUT2D eigenvalue weighted by Crippen LogP contribution is -2.26. The molecule has 2 unspecified atom stereocenters. The highest BCUT2D eigenvalue weighted by Gasteiger charge is 2.34. The SMILES string of the molecule is CC1CC(c2cccc(C(C)(C)C)c2O)CC(C)(C)C1. The molecule has 2 atom stereocenters. The van der Waals surface area contributed by atoms with Crippen molar-refractivity contribution in [2.45, 2.75) is 72.1 Å². The van der Waals surface area contributed by atoms with Crippen molar-refractivity contribution >= 4 is 0 Å². The first kappa shape index (κ1) is 15.4. The lowest BCUT2D eigenvalue weighted by Gasteiger charge is -2.39. The number of aromatic hydroxyl groups is 1. The summed E-state index contributed by atoms with van der Waals surface area (Å²) >= 11 is 0. The standard InChI is InChI=1S/C19H30O/c1-13-10-14(12-19(5,6)11-13)15-8-7-9-16(17(15)20)18(2,3)4/h7-9,13-14,20H,10-12H2,1-6H3. The van der Waals surface area contributed by atoms with Crippen LogP contribution in [0.1, 0.15) is 77.8 Å². The van der Waals surface area contributed by atoms with Crippen LogP contribution in [0.4, 0.5) is 0 Å². The zero-order chi connectivity index (χ0) is 15.1. The minimum Gasteiger partial charge on any atom is -0.507 e. The zero-order valence-corrected chi connectivity index (χ0v) is 14.0. The molecule has 1 aliphatic carbocycles. The Kier molecular flexibility index (Phi) is 3.92. The first-order chi connectivity index (χ1) is 9.10. The van der Waals surface area contributed by atoms with Crippen LogP contribution in [0.5, 0.6) is 5.75 Å². The largest absolute Gasteiger partial charge is 0.507 e. The van der Waals surface area contributed by atoms with Crippen LogP contribution in [0.15, 0.2) is 18.2 Å². The molecule has 0 spiro atoms. The lowest BCUT2D eigenvalue weighted by atomic mass is 9.66. The van der Waals surface area contributed by atoms with Gasteiger partial charge in [-0.3, -0.25) is 0 Å². The van der Waals surface area contributed by atoms with E-state index in [1.807, 2.05) is 0 Å². The minimum absolute atomic E-state index is 0.00407. The van der Waals surface area contributed by atoms with Crippen LogP contribution < -0.4 is 0 Å². The predicted molar refractivity (Wildman–Crippen MR) is 86.3 cm³/mol. The number of hydrogen-bond donors (Lipinski definition) is 1. The molecule has 0 saturated heterocycles. The summed E-state index contributed by atoms with van der Waals surface area (Å²) in [5, 5.41) is 10.7. The smallest absolute Gasteiger partial charge is 0.122 e. The van der Waals surface area contributed by atoms with Gasteiger partial charge in [-0.2, -0.15) is 0 Å². The van der Waals surface area contributed by atoms with Gasteiger partial charge in [0.1, 0.15) is 5.75 Å². The number of rotatable bonds is 1. The summed E-state index contributed by atoms with van der Waals surface area (Å²) in [5.74, 6) is 1.77. The van der Waals surface area contributed by atoms with E-state index in [0.29, 0.717) is 17.1 Å². The Bertz CT molecular complexity index is 479. The van der Waals surface area contributed by atoms with Crippen molar-refractivity contribution < 1.29 is 5.11 Å². The van der Waals surface area contributed by atoms with E-state index in [1.165, 1.54) is 19.3 Å². The van der Waals surface area contributed by atoms with Crippen LogP contribution in [0.3, 0.4) is 0 Å². The van der Waals surface area contributed by atoms with Crippen LogP contribution >= 0.6 is 0 Å². The molecule has 1 N–H and O–H groups in total. The highest BCUT2D eigenvalue weighted by molar-refractivity contribution is 5.46. The van der Waals surface area contributed by atoms with Crippen LogP contribution in [-0.2, 0) is 5.41 Å². The van der Waals surface area contributed by atoms with E-state index in [0.717, 1.165) is 17.0 Å². The topological polar surface area (TPSA) is 20.2 Å². The summed E-state index contributed by atoms with van der Waals surface area (Å²) in [5.41, 5.74) is 2.62. The summed E-state index contributed by atoms with van der Waals surface area (Å²) in [6.07, 6.45) is 3.67. The fourth-order valence-electron chi connectivity index (χ4n) is 4.08. The molecule has 0 radical (unpaired) electrons. The van der Waals surface area contributed by atoms with E-state index >= 15 is 0 Å². The number of hydrogen-bond acceptors (Lipinski definition) is 1. The van der Waals surface area contributed by atoms with Crippen LogP contribution in [0, 0.1) is 11.3 Å². The average Bonchev–Trinajstić information content (AvgIpc) is 2.24. The second kappa shape index (κ2) is 5.09. The van der Waals surface area contributed by atoms with E-state index in [-0.39, 0.29) is 5.41 Å². The van der Waals surface area contributed by atoms with Crippen LogP contribution in [0.25, 0.3) is 0 Å². The van der Waals surface area contributed by atoms with Crippen molar-refractivity contribution in [1.82, 2.24) is 0 Å². The van der Waals surface area contributed by atoms with Gasteiger partial charge in [-0.25, -0.2) is 0 Å². The fourth-order valence-corrected chi connectivity index (χ4v) is 4.08. The van der Waals surface area contributed by atoms with Gasteiger partial charge in [0.15, 0.2) is 0 Å². The number of phenols is 1. The fraction of sp³-hybridized carbons (Fsp3) is 0.684. The molecule has 1 nitrogen and oxygen atoms in total. The Hall–Kier alpha value is -0.980. The van der Waals surface area contributed by atoms with E-state index in [4.69, 9.17) is 0 Å². The molecule has 0 heterocycles. The van der Waals surface area contributed by atoms with Gasteiger partial charge in [0.05, 0.1) is 0 Å². The van der Waals surface area contributed by atoms with Crippen LogP contribution in [-0.4, -0.2) is 5.11 Å². The highest BCUT2D eigenvalue weighted by Crippen LogP contribution is 2.49. The van der Waals surface area contributed by atoms with E-state index < -0.39 is 0 Å². The van der Waals surface area contributed by atoms with Gasteiger partial charge < -0.3 is 5.11 Å². The van der Waals surface area contributed by atoms with Gasteiger partial charge in [-0.05, 0) is 53.1 Å². The summed E-state index contributed by atoms with van der Waals surface area (Å²) < 4.78 is 0. The maximum atomic E-state index is 10.7. The van der Waals surface area contributed by atoms with Crippen molar-refractivity contribution in [3.05, 3.63) is 29.3 Å². The van der Waals surface area contributed by atoms with Crippen molar-refractivity contribution in [2.75, 3.05) is 0 Å². The summed E-state index contributed by atoms with van der Waals surface area (Å²) in [6.45, 7) is 13.6. The predicted octanol–water partition coefficient (Wildman–Crippen LogP) is 5.62. The molecular weight excluding hydrogens is 244 g/mol. The first-order valence-corrected chi connectivity index (χ1v) is 7.92. The van der Waals surface area contributed by atoms with Crippen LogP contribution in [0.2, 0.25) is 0 Å². The quantitative estimate of drug-likeness (QED) is 0.704. The van der Waals surface area contributed by atoms with Crippen molar-refractivity contribution in [3.8, 4) is 5.75 Å². The molecule has 0 aromatic heterocycles. The molecular formula is C19H30O. The van der Waals surface area contributed by atoms with Gasteiger partial charge in [-0.1, -0.05) is 59.7 Å². The van der Waals surface area contributed by atoms with Gasteiger partial charge in [0, 0.05) is 0 Å². The third-order valence-corrected chi connectivity index (χ3v) is 4.70. The first-order valence-electron chi connectivity index (χ1n) is 7.92. The molecule has 1 aliphatic rings. The van der Waals surface area contributed by atoms with Gasteiger partial charge in [0.25, 0.3) is 0 Å². The minimum atomic E-state index is -0.00407. The number of phenolic OH excluding ortho intramolecular Hbond substituents is 1. The van der Waals surface area contributed by atoms with Crippen molar-refractivity contribution in [1.29, 1.82) is 0 Å². The highest BCUT2D eigenvalue weighted by atomic mass is 16.3. The second-order valence-corrected chi connectivity index (χ2v) is 8.60. The third-order valence-electron chi connectivity index (χ3n) is 4.70. The molecule has 2 rings (SSSR count). The van der Waals surface area contributed by atoms with E-state index in [2.05, 4.69) is 59.7 Å². The molecule has 20 heavy (non-hydrogen) atoms. The Morgan fingerprint density at radius 1 is 1.15 bits per heavy atom.